The van der Waals surface area contributed by atoms with E-state index < -0.39 is 23.9 Å². The van der Waals surface area contributed by atoms with Gasteiger partial charge in [-0.25, -0.2) is 0 Å². The fourth-order valence-electron chi connectivity index (χ4n) is 1.73. The summed E-state index contributed by atoms with van der Waals surface area (Å²) in [6.07, 6.45) is 0. The molecule has 0 aliphatic carbocycles. The normalized spacial score (nSPS) is 16.5. The molecule has 0 heterocycles. The van der Waals surface area contributed by atoms with Crippen molar-refractivity contribution in [2.24, 2.45) is 0 Å². The molecule has 0 fully saturated rings. The fourth-order valence-corrected chi connectivity index (χ4v) is 128. The van der Waals surface area contributed by atoms with Crippen LogP contribution in [0, 0.1) is 0 Å². The van der Waals surface area contributed by atoms with Gasteiger partial charge in [0.25, 0.3) is 0 Å². The van der Waals surface area contributed by atoms with Crippen LogP contribution in [0.3, 0.4) is 0 Å². The summed E-state index contributed by atoms with van der Waals surface area (Å²) in [7, 11) is -2.96. The molecule has 0 amide bonds. The van der Waals surface area contributed by atoms with E-state index in [0.29, 0.717) is 10.1 Å². The van der Waals surface area contributed by atoms with Crippen LogP contribution in [0.5, 0.6) is 0 Å². The molecule has 0 atom stereocenters. The summed E-state index contributed by atoms with van der Waals surface area (Å²) in [5.74, 6) is 0. The molecule has 0 bridgehead atoms. The van der Waals surface area contributed by atoms with E-state index in [9.17, 15) is 0 Å². The third kappa shape index (κ3) is 3.56. The molecule has 0 aliphatic rings. The number of rotatable bonds is 3. The Hall–Kier alpha value is 2.79. The van der Waals surface area contributed by atoms with E-state index in [0.717, 1.165) is 0 Å². The Balaban J connectivity index is 6.08. The second-order valence-corrected chi connectivity index (χ2v) is 78.4. The highest BCUT2D eigenvalue weighted by atomic mass is 79.9. The van der Waals surface area contributed by atoms with Gasteiger partial charge >= 0.3 is 0 Å². The van der Waals surface area contributed by atoms with Crippen LogP contribution in [0.2, 0.25) is 36.3 Å². The Morgan fingerprint density at radius 1 is 0.500 bits per heavy atom. The van der Waals surface area contributed by atoms with Crippen molar-refractivity contribution < 1.29 is 0 Å². The summed E-state index contributed by atoms with van der Waals surface area (Å²) in [6, 6.07) is 0. The lowest BCUT2D eigenvalue weighted by Gasteiger charge is -2.56. The first-order chi connectivity index (χ1) is 8.25. The molecule has 0 rings (SSSR count). The molecule has 20 heavy (non-hydrogen) atoms. The minimum atomic E-state index is -1.74. The van der Waals surface area contributed by atoms with Crippen molar-refractivity contribution in [2.45, 2.75) is 77.8 Å². The zero-order valence-corrected chi connectivity index (χ0v) is 24.9. The maximum absolute atomic E-state index is 4.31. The molecule has 0 spiro atoms. The number of halogens is 4. The smallest absolute Gasteiger partial charge is 0.116 e. The minimum absolute atomic E-state index is 0.383. The summed E-state index contributed by atoms with van der Waals surface area (Å²) in [5.41, 5.74) is 0. The first-order valence-electron chi connectivity index (χ1n) is 7.01. The van der Waals surface area contributed by atoms with E-state index in [4.69, 9.17) is 0 Å². The van der Waals surface area contributed by atoms with Gasteiger partial charge in [0.15, 0.2) is 0 Å². The summed E-state index contributed by atoms with van der Waals surface area (Å²) < 4.78 is -3.48. The molecule has 122 valence electrons. The van der Waals surface area contributed by atoms with Crippen molar-refractivity contribution in [3.63, 3.8) is 0 Å². The lowest BCUT2D eigenvalue weighted by molar-refractivity contribution is 0.733. The molecule has 0 unspecified atom stereocenters. The van der Waals surface area contributed by atoms with Crippen molar-refractivity contribution in [1.29, 1.82) is 0 Å². The molecule has 8 heteroatoms. The molecule has 0 aromatic heterocycles. The molecule has 0 N–H and O–H groups in total. The molecule has 0 aromatic carbocycles. The zero-order chi connectivity index (χ0) is 17.0. The van der Waals surface area contributed by atoms with Gasteiger partial charge in [-0.05, 0) is 10.1 Å². The Morgan fingerprint density at radius 3 is 0.750 bits per heavy atom. The lowest BCUT2D eigenvalue weighted by Crippen LogP contribution is -2.76. The summed E-state index contributed by atoms with van der Waals surface area (Å²) >= 11 is 17.2. The summed E-state index contributed by atoms with van der Waals surface area (Å²) in [5, 5.41) is 0.767. The van der Waals surface area contributed by atoms with Crippen LogP contribution in [0.4, 0.5) is 0 Å². The van der Waals surface area contributed by atoms with Crippen molar-refractivity contribution in [1.82, 2.24) is 0 Å². The molecular formula is C12H30Br4Si4. The highest BCUT2D eigenvalue weighted by Gasteiger charge is 2.70. The van der Waals surface area contributed by atoms with Gasteiger partial charge in [-0.3, -0.25) is 0 Å². The van der Waals surface area contributed by atoms with Gasteiger partial charge in [0.1, 0.15) is 0 Å². The van der Waals surface area contributed by atoms with Gasteiger partial charge in [-0.15, -0.1) is 61.2 Å². The molecule has 0 aromatic rings. The number of hydrogen-bond donors (Lipinski definition) is 0. The van der Waals surface area contributed by atoms with Gasteiger partial charge in [0.2, 0.25) is 8.70 Å². The van der Waals surface area contributed by atoms with Crippen LogP contribution in [0.1, 0.15) is 41.5 Å². The highest BCUT2D eigenvalue weighted by molar-refractivity contribution is 9.69. The maximum Gasteiger partial charge on any atom is 0.203 e. The monoisotopic (exact) mass is 602 g/mol. The second-order valence-electron chi connectivity index (χ2n) is 8.90. The predicted octanol–water partition coefficient (Wildman–Crippen LogP) is 7.70. The van der Waals surface area contributed by atoms with Crippen molar-refractivity contribution in [3.8, 4) is 0 Å². The quantitative estimate of drug-likeness (QED) is 0.228. The first kappa shape index (κ1) is 22.8. The van der Waals surface area contributed by atoms with E-state index in [1.807, 2.05) is 0 Å². The van der Waals surface area contributed by atoms with Gasteiger partial charge in [-0.2, -0.15) is 0 Å². The van der Waals surface area contributed by atoms with Crippen LogP contribution in [-0.2, 0) is 0 Å². The Labute approximate surface area is 161 Å². The van der Waals surface area contributed by atoms with Crippen LogP contribution in [-0.4, -0.2) is 23.9 Å². The van der Waals surface area contributed by atoms with Crippen LogP contribution in [0.25, 0.3) is 0 Å². The second kappa shape index (κ2) is 6.26. The van der Waals surface area contributed by atoms with Gasteiger partial charge < -0.3 is 0 Å². The average Bonchev–Trinajstić information content (AvgIpc) is 2.12. The van der Waals surface area contributed by atoms with Crippen molar-refractivity contribution in [3.05, 3.63) is 0 Å². The van der Waals surface area contributed by atoms with Crippen molar-refractivity contribution in [2.75, 3.05) is 0 Å². The molecule has 0 aliphatic heterocycles. The SMILES string of the molecule is CC(C)(C)[Si](C)(C)[Si](Br)(Br)[Si](Br)(Br)[Si](C)(C)C(C)(C)C. The van der Waals surface area contributed by atoms with Gasteiger partial charge in [0.05, 0.1) is 15.2 Å². The Morgan fingerprint density at radius 2 is 0.650 bits per heavy atom. The van der Waals surface area contributed by atoms with E-state index in [1.54, 1.807) is 0 Å². The largest absolute Gasteiger partial charge is 0.203 e. The highest BCUT2D eigenvalue weighted by Crippen LogP contribution is 2.59. The van der Waals surface area contributed by atoms with E-state index >= 15 is 0 Å². The van der Waals surface area contributed by atoms with Gasteiger partial charge in [-0.1, -0.05) is 67.7 Å². The zero-order valence-electron chi connectivity index (χ0n) is 14.5. The molecule has 0 saturated heterocycles. The van der Waals surface area contributed by atoms with E-state index in [2.05, 4.69) is 129 Å². The maximum atomic E-state index is 4.31. The number of hydrogen-bond acceptors (Lipinski definition) is 0. The minimum Gasteiger partial charge on any atom is -0.116 e. The van der Waals surface area contributed by atoms with E-state index in [-0.39, 0.29) is 0 Å². The average molecular weight is 606 g/mol. The topological polar surface area (TPSA) is 0 Å². The van der Waals surface area contributed by atoms with Gasteiger partial charge in [0, 0.05) is 0 Å². The van der Waals surface area contributed by atoms with E-state index in [1.165, 1.54) is 0 Å². The third-order valence-electron chi connectivity index (χ3n) is 5.71. The van der Waals surface area contributed by atoms with Crippen LogP contribution in [0.15, 0.2) is 0 Å². The standard InChI is InChI=1S/C12H30Br4Si4/c1-11(2,3)17(7,8)19(13,14)20(15,16)18(9,10)12(4,5)6/h1-10H3. The molecule has 0 radical (unpaired) electrons. The Kier molecular flexibility index (Phi) is 7.13. The molecule has 0 nitrogen and oxygen atoms in total. The Bertz CT molecular complexity index is 329. The molecular weight excluding hydrogens is 576 g/mol. The first-order valence-corrected chi connectivity index (χ1v) is 29.0. The third-order valence-corrected chi connectivity index (χ3v) is 143. The van der Waals surface area contributed by atoms with Crippen molar-refractivity contribution >= 4 is 85.0 Å². The summed E-state index contributed by atoms with van der Waals surface area (Å²) in [6.45, 7) is 24.7. The van der Waals surface area contributed by atoms with Crippen LogP contribution >= 0.6 is 61.2 Å². The molecule has 0 saturated carbocycles. The summed E-state index contributed by atoms with van der Waals surface area (Å²) in [4.78, 5) is 0. The predicted molar refractivity (Wildman–Crippen MR) is 122 cm³/mol. The fraction of sp³-hybridized carbons (Fsp3) is 1.00. The lowest BCUT2D eigenvalue weighted by atomic mass is 10.2. The van der Waals surface area contributed by atoms with Crippen LogP contribution < -0.4 is 0 Å².